The van der Waals surface area contributed by atoms with Crippen LogP contribution in [0.15, 0.2) is 263 Å². The van der Waals surface area contributed by atoms with E-state index in [0.29, 0.717) is 36.7 Å². The molecule has 142 heavy (non-hydrogen) atoms. The number of ether oxygens (including phenoxy) is 4. The van der Waals surface area contributed by atoms with Gasteiger partial charge in [0.05, 0.1) is 94.7 Å². The fourth-order valence-corrected chi connectivity index (χ4v) is 20.7. The Morgan fingerprint density at radius 1 is 0.218 bits per heavy atom. The van der Waals surface area contributed by atoms with Crippen LogP contribution in [0, 0.1) is 41.5 Å². The average molecular weight is 1960 g/mol. The molecule has 0 spiro atoms. The highest BCUT2D eigenvalue weighted by Gasteiger charge is 2.26. The molecule has 19 aromatic rings. The number of hydrogen-bond acceptors (Lipinski definition) is 32. The Balaban J connectivity index is 0.000000108. The summed E-state index contributed by atoms with van der Waals surface area (Å²) in [6.45, 7) is 13.5. The second-order valence-corrected chi connectivity index (χ2v) is 38.5. The molecular weight excluding hydrogens is 1850 g/mol. The first kappa shape index (κ1) is 95.3. The monoisotopic (exact) mass is 1960 g/mol. The van der Waals surface area contributed by atoms with Crippen molar-refractivity contribution in [2.24, 2.45) is 0 Å². The highest BCUT2D eigenvalue weighted by molar-refractivity contribution is 8.18. The maximum atomic E-state index is 5.57. The molecule has 0 radical (unpaired) electrons. The molecular formula is C110H108N24O4S4. The summed E-state index contributed by atoms with van der Waals surface area (Å²) >= 11 is 7.13. The third-order valence-electron chi connectivity index (χ3n) is 24.4. The quantitative estimate of drug-likeness (QED) is 0.0355. The van der Waals surface area contributed by atoms with Gasteiger partial charge in [-0.1, -0.05) is 72.1 Å². The third kappa shape index (κ3) is 21.8. The van der Waals surface area contributed by atoms with Gasteiger partial charge in [-0.3, -0.25) is 0 Å². The SMILES string of the molecule is CNc1ccc(Nc2ccc(C)c3nc4c(nc23)CCCC4)cc1.CNc1ccc(Nc2ccc(C)c3nc4c(nc23)OCCO4)cc1.CNc1ccc(Nc2ccc(C)c3nc4c(nc23)OCO4)cc1.CNc1ccc(Nc2ccc(C)c3nc4c(nc23)SCCS4)cc1.CNc1ccc(Nc2ccc(C)c3nc4c(nc23)SCS4)cc1.CNc1ccc(Nc2ccc(C)c3nc4ccccc4nc23)cc1. The van der Waals surface area contributed by atoms with E-state index in [0.717, 1.165) is 257 Å². The fraction of sp³-hybridized carbons (Fsp3) is 0.200. The minimum absolute atomic E-state index is 0.166. The van der Waals surface area contributed by atoms with Crippen LogP contribution in [0.2, 0.25) is 0 Å². The molecule has 0 fully saturated rings. The second kappa shape index (κ2) is 43.8. The molecule has 0 saturated carbocycles. The van der Waals surface area contributed by atoms with Crippen molar-refractivity contribution < 1.29 is 18.9 Å². The topological polar surface area (TPSA) is 336 Å². The van der Waals surface area contributed by atoms with E-state index in [2.05, 4.69) is 233 Å². The third-order valence-corrected chi connectivity index (χ3v) is 28.9. The number of aryl methyl sites for hydroxylation is 8. The number of hydrogen-bond donors (Lipinski definition) is 12. The van der Waals surface area contributed by atoms with Gasteiger partial charge < -0.3 is 82.7 Å². The van der Waals surface area contributed by atoms with Gasteiger partial charge >= 0.3 is 0 Å². The molecule has 12 N–H and O–H groups in total. The van der Waals surface area contributed by atoms with Crippen molar-refractivity contribution in [3.8, 4) is 23.5 Å². The molecule has 32 heteroatoms. The summed E-state index contributed by atoms with van der Waals surface area (Å²) < 4.78 is 21.8. The van der Waals surface area contributed by atoms with Crippen LogP contribution in [0.4, 0.5) is 102 Å². The van der Waals surface area contributed by atoms with Crippen LogP contribution in [0.3, 0.4) is 0 Å². The van der Waals surface area contributed by atoms with Gasteiger partial charge in [-0.15, -0.1) is 23.5 Å². The van der Waals surface area contributed by atoms with Crippen LogP contribution >= 0.6 is 47.0 Å². The zero-order valence-electron chi connectivity index (χ0n) is 80.8. The number of nitrogens with zero attached hydrogens (tertiary/aromatic N) is 12. The number of para-hydroxylation sites is 2. The Bertz CT molecular complexity index is 7330. The lowest BCUT2D eigenvalue weighted by Gasteiger charge is -2.18. The number of aromatic nitrogens is 12. The van der Waals surface area contributed by atoms with Crippen molar-refractivity contribution in [3.05, 3.63) is 287 Å². The number of benzene rings is 13. The number of nitrogens with one attached hydrogen (secondary N) is 12. The molecule has 0 amide bonds. The number of rotatable bonds is 18. The van der Waals surface area contributed by atoms with E-state index in [9.17, 15) is 0 Å². The first-order valence-corrected chi connectivity index (χ1v) is 50.9. The Morgan fingerprint density at radius 3 is 0.739 bits per heavy atom. The number of fused-ring (bicyclic) bond motifs is 12. The maximum Gasteiger partial charge on any atom is 0.281 e. The van der Waals surface area contributed by atoms with Crippen molar-refractivity contribution >= 4 is 227 Å². The second-order valence-electron chi connectivity index (χ2n) is 34.1. The Morgan fingerprint density at radius 2 is 0.437 bits per heavy atom. The Hall–Kier alpha value is -15.6. The zero-order valence-corrected chi connectivity index (χ0v) is 84.1. The summed E-state index contributed by atoms with van der Waals surface area (Å²) in [6.07, 6.45) is 4.54. The number of anilines is 18. The van der Waals surface area contributed by atoms with E-state index >= 15 is 0 Å². The summed E-state index contributed by atoms with van der Waals surface area (Å²) in [4.78, 5) is 57.3. The van der Waals surface area contributed by atoms with Gasteiger partial charge in [0, 0.05) is 122 Å². The van der Waals surface area contributed by atoms with Crippen molar-refractivity contribution in [1.82, 2.24) is 59.8 Å². The molecule has 4 aliphatic heterocycles. The predicted octanol–water partition coefficient (Wildman–Crippen LogP) is 26.2. The highest BCUT2D eigenvalue weighted by atomic mass is 32.2. The van der Waals surface area contributed by atoms with Gasteiger partial charge in [0.2, 0.25) is 6.79 Å². The number of thioether (sulfide) groups is 4. The normalized spacial score (nSPS) is 12.8. The minimum atomic E-state index is 0.166. The first-order valence-electron chi connectivity index (χ1n) is 47.0. The van der Waals surface area contributed by atoms with Crippen LogP contribution in [-0.2, 0) is 12.8 Å². The minimum Gasteiger partial charge on any atom is -0.470 e. The van der Waals surface area contributed by atoms with Crippen molar-refractivity contribution in [2.75, 3.05) is 143 Å². The molecule has 24 rings (SSSR count). The summed E-state index contributed by atoms with van der Waals surface area (Å²) in [7, 11) is 11.5. The fourth-order valence-electron chi connectivity index (χ4n) is 16.5. The Labute approximate surface area is 840 Å². The van der Waals surface area contributed by atoms with Gasteiger partial charge in [-0.05, 0) is 295 Å². The largest absolute Gasteiger partial charge is 0.470 e. The summed E-state index contributed by atoms with van der Waals surface area (Å²) in [5.41, 5.74) is 40.1. The molecule has 0 saturated heterocycles. The van der Waals surface area contributed by atoms with E-state index in [-0.39, 0.29) is 6.79 Å². The van der Waals surface area contributed by atoms with Gasteiger partial charge in [0.25, 0.3) is 23.5 Å². The molecule has 1 aliphatic carbocycles. The van der Waals surface area contributed by atoms with E-state index in [4.69, 9.17) is 58.8 Å². The molecule has 13 aromatic carbocycles. The van der Waals surface area contributed by atoms with Crippen LogP contribution in [0.5, 0.6) is 23.5 Å². The summed E-state index contributed by atoms with van der Waals surface area (Å²) in [5, 5.41) is 44.7. The Kier molecular flexibility index (Phi) is 29.4. The molecule has 0 atom stereocenters. The van der Waals surface area contributed by atoms with E-state index in [1.54, 1.807) is 47.0 Å². The van der Waals surface area contributed by atoms with E-state index in [1.165, 1.54) is 29.8 Å². The van der Waals surface area contributed by atoms with Crippen LogP contribution in [0.1, 0.15) is 57.6 Å². The summed E-state index contributed by atoms with van der Waals surface area (Å²) in [6, 6.07) is 81.8. The van der Waals surface area contributed by atoms with Crippen LogP contribution in [-0.4, -0.2) is 139 Å². The van der Waals surface area contributed by atoms with Gasteiger partial charge in [-0.2, -0.15) is 0 Å². The molecule has 716 valence electrons. The van der Waals surface area contributed by atoms with Crippen molar-refractivity contribution in [3.63, 3.8) is 0 Å². The lowest BCUT2D eigenvalue weighted by molar-refractivity contribution is 0.158. The maximum absolute atomic E-state index is 5.57. The first-order chi connectivity index (χ1) is 69.4. The standard InChI is InChI=1S/C20H22N4.C20H18N4.C18H18N4O2.C18H18N4S2.C17H16N4O2.C17H16N4S2/c2*1-13-7-12-18(22-15-10-8-14(21-2)9-11-15)20-19(13)23-16-5-3-4-6-17(16)24-20;2*1-11-3-8-14(20-13-6-4-12(19-2)5-7-13)16-15(11)21-17-18(22-16)24-10-9-23-17;2*1-10-3-8-13(19-12-6-4-11(18-2)5-7-12)15-14(10)20-16-17(21-15)23-9-22-16/h7-12,21-22H,3-6H2,1-2H3;3-12,21-22H,1-2H3;2*3-8,19-20H,9-10H2,1-2H3;2*3-8,18-19H,9H2,1-2H3. The van der Waals surface area contributed by atoms with Gasteiger partial charge in [-0.25, -0.2) is 59.8 Å². The molecule has 0 bridgehead atoms. The molecule has 5 aliphatic rings. The highest BCUT2D eigenvalue weighted by Crippen LogP contribution is 2.45. The van der Waals surface area contributed by atoms with Crippen LogP contribution < -0.4 is 82.7 Å². The van der Waals surface area contributed by atoms with E-state index < -0.39 is 0 Å². The molecule has 6 aromatic heterocycles. The molecule has 28 nitrogen and oxygen atoms in total. The van der Waals surface area contributed by atoms with E-state index in [1.807, 2.05) is 177 Å². The lowest BCUT2D eigenvalue weighted by Crippen LogP contribution is -2.17. The average Bonchev–Trinajstić information content (AvgIpc) is 1.63. The van der Waals surface area contributed by atoms with Gasteiger partial charge in [0.15, 0.2) is 0 Å². The predicted molar refractivity (Wildman–Crippen MR) is 591 cm³/mol. The van der Waals surface area contributed by atoms with Crippen molar-refractivity contribution in [2.45, 2.75) is 87.3 Å². The summed E-state index contributed by atoms with van der Waals surface area (Å²) in [5.74, 6) is 4.01. The van der Waals surface area contributed by atoms with Gasteiger partial charge in [0.1, 0.15) is 66.4 Å². The molecule has 10 heterocycles. The zero-order chi connectivity index (χ0) is 97.7. The smallest absolute Gasteiger partial charge is 0.281 e. The van der Waals surface area contributed by atoms with Crippen LogP contribution in [0.25, 0.3) is 77.2 Å². The molecule has 0 unspecified atom stereocenters. The van der Waals surface area contributed by atoms with Crippen molar-refractivity contribution in [1.29, 1.82) is 0 Å². The lowest BCUT2D eigenvalue weighted by atomic mass is 9.99.